The first-order valence-corrected chi connectivity index (χ1v) is 10.8. The topological polar surface area (TPSA) is 101 Å². The van der Waals surface area contributed by atoms with Crippen molar-refractivity contribution in [1.29, 1.82) is 0 Å². The SMILES string of the molecule is COc1ccc(-c2nnc(NC(=O)C3CCN(S(C)(=O)=O)CC3)s2)cc1. The Morgan fingerprint density at radius 1 is 1.23 bits per heavy atom. The van der Waals surface area contributed by atoms with Gasteiger partial charge in [0.15, 0.2) is 0 Å². The second-order valence-electron chi connectivity index (χ2n) is 6.07. The fourth-order valence-corrected chi connectivity index (χ4v) is 4.41. The van der Waals surface area contributed by atoms with E-state index in [1.54, 1.807) is 7.11 Å². The molecule has 0 radical (unpaired) electrons. The van der Waals surface area contributed by atoms with Crippen LogP contribution in [0.1, 0.15) is 12.8 Å². The highest BCUT2D eigenvalue weighted by molar-refractivity contribution is 7.88. The van der Waals surface area contributed by atoms with Crippen LogP contribution in [0.2, 0.25) is 0 Å². The summed E-state index contributed by atoms with van der Waals surface area (Å²) in [4.78, 5) is 12.4. The Balaban J connectivity index is 1.59. The molecule has 0 spiro atoms. The van der Waals surface area contributed by atoms with Gasteiger partial charge in [-0.3, -0.25) is 4.79 Å². The summed E-state index contributed by atoms with van der Waals surface area (Å²) in [5.41, 5.74) is 0.894. The Morgan fingerprint density at radius 3 is 2.46 bits per heavy atom. The van der Waals surface area contributed by atoms with Gasteiger partial charge >= 0.3 is 0 Å². The van der Waals surface area contributed by atoms with E-state index in [9.17, 15) is 13.2 Å². The van der Waals surface area contributed by atoms with E-state index in [2.05, 4.69) is 15.5 Å². The van der Waals surface area contributed by atoms with Crippen LogP contribution in [-0.2, 0) is 14.8 Å². The van der Waals surface area contributed by atoms with Crippen LogP contribution in [0.4, 0.5) is 5.13 Å². The highest BCUT2D eigenvalue weighted by atomic mass is 32.2. The molecule has 1 N–H and O–H groups in total. The number of sulfonamides is 1. The number of piperidine rings is 1. The summed E-state index contributed by atoms with van der Waals surface area (Å²) in [6.07, 6.45) is 2.20. The van der Waals surface area contributed by atoms with Crippen molar-refractivity contribution in [1.82, 2.24) is 14.5 Å². The van der Waals surface area contributed by atoms with E-state index in [1.807, 2.05) is 24.3 Å². The molecule has 0 unspecified atom stereocenters. The van der Waals surface area contributed by atoms with Gasteiger partial charge in [-0.25, -0.2) is 12.7 Å². The van der Waals surface area contributed by atoms with E-state index < -0.39 is 10.0 Å². The van der Waals surface area contributed by atoms with Gasteiger partial charge < -0.3 is 10.1 Å². The number of rotatable bonds is 5. The first kappa shape index (κ1) is 18.7. The van der Waals surface area contributed by atoms with Crippen molar-refractivity contribution in [2.24, 2.45) is 5.92 Å². The maximum Gasteiger partial charge on any atom is 0.229 e. The first-order valence-electron chi connectivity index (χ1n) is 8.11. The van der Waals surface area contributed by atoms with Gasteiger partial charge in [0.2, 0.25) is 21.1 Å². The smallest absolute Gasteiger partial charge is 0.229 e. The largest absolute Gasteiger partial charge is 0.497 e. The van der Waals surface area contributed by atoms with Crippen LogP contribution in [0.25, 0.3) is 10.6 Å². The number of anilines is 1. The molecule has 1 fully saturated rings. The highest BCUT2D eigenvalue weighted by Crippen LogP contribution is 2.28. The molecule has 2 heterocycles. The number of aromatic nitrogens is 2. The zero-order chi connectivity index (χ0) is 18.7. The van der Waals surface area contributed by atoms with Crippen molar-refractivity contribution < 1.29 is 17.9 Å². The summed E-state index contributed by atoms with van der Waals surface area (Å²) in [5, 5.41) is 12.1. The van der Waals surface area contributed by atoms with Crippen LogP contribution in [-0.4, -0.2) is 55.3 Å². The van der Waals surface area contributed by atoms with E-state index >= 15 is 0 Å². The molecule has 1 aromatic carbocycles. The highest BCUT2D eigenvalue weighted by Gasteiger charge is 2.29. The summed E-state index contributed by atoms with van der Waals surface area (Å²) in [5.74, 6) is 0.393. The molecule has 0 bridgehead atoms. The Kier molecular flexibility index (Phi) is 5.54. The van der Waals surface area contributed by atoms with Gasteiger partial charge in [-0.2, -0.15) is 0 Å². The summed E-state index contributed by atoms with van der Waals surface area (Å²) in [7, 11) is -1.59. The van der Waals surface area contributed by atoms with Crippen molar-refractivity contribution in [3.8, 4) is 16.3 Å². The molecule has 1 aliphatic rings. The first-order chi connectivity index (χ1) is 12.4. The molecule has 0 atom stereocenters. The standard InChI is InChI=1S/C16H20N4O4S2/c1-24-13-5-3-12(4-6-13)15-18-19-16(25-15)17-14(21)11-7-9-20(10-8-11)26(2,22)23/h3-6,11H,7-10H2,1-2H3,(H,17,19,21). The van der Waals surface area contributed by atoms with Gasteiger partial charge in [0.1, 0.15) is 10.8 Å². The maximum absolute atomic E-state index is 12.4. The van der Waals surface area contributed by atoms with E-state index in [0.717, 1.165) is 11.3 Å². The van der Waals surface area contributed by atoms with Crippen molar-refractivity contribution in [2.45, 2.75) is 12.8 Å². The lowest BCUT2D eigenvalue weighted by Gasteiger charge is -2.29. The average Bonchev–Trinajstić information content (AvgIpc) is 3.09. The van der Waals surface area contributed by atoms with Gasteiger partial charge in [-0.15, -0.1) is 10.2 Å². The summed E-state index contributed by atoms with van der Waals surface area (Å²) >= 11 is 1.30. The lowest BCUT2D eigenvalue weighted by Crippen LogP contribution is -2.40. The Labute approximate surface area is 156 Å². The van der Waals surface area contributed by atoms with Gasteiger partial charge in [-0.05, 0) is 37.1 Å². The number of carbonyl (C=O) groups excluding carboxylic acids is 1. The second-order valence-corrected chi connectivity index (χ2v) is 9.03. The quantitative estimate of drug-likeness (QED) is 0.827. The molecule has 2 aromatic rings. The monoisotopic (exact) mass is 396 g/mol. The maximum atomic E-state index is 12.4. The van der Waals surface area contributed by atoms with Gasteiger partial charge in [0, 0.05) is 24.6 Å². The Morgan fingerprint density at radius 2 is 1.88 bits per heavy atom. The molecule has 1 amide bonds. The second kappa shape index (κ2) is 7.68. The lowest BCUT2D eigenvalue weighted by molar-refractivity contribution is -0.120. The third-order valence-electron chi connectivity index (χ3n) is 4.29. The summed E-state index contributed by atoms with van der Waals surface area (Å²) in [6, 6.07) is 7.44. The van der Waals surface area contributed by atoms with E-state index in [-0.39, 0.29) is 11.8 Å². The molecule has 26 heavy (non-hydrogen) atoms. The zero-order valence-electron chi connectivity index (χ0n) is 14.5. The molecular weight excluding hydrogens is 376 g/mol. The molecule has 1 aromatic heterocycles. The fraction of sp³-hybridized carbons (Fsp3) is 0.438. The van der Waals surface area contributed by atoms with Crippen LogP contribution in [0.3, 0.4) is 0 Å². The normalized spacial score (nSPS) is 16.4. The van der Waals surface area contributed by atoms with E-state index in [0.29, 0.717) is 36.1 Å². The van der Waals surface area contributed by atoms with E-state index in [1.165, 1.54) is 21.9 Å². The Bertz CT molecular complexity index is 872. The van der Waals surface area contributed by atoms with Crippen molar-refractivity contribution in [2.75, 3.05) is 31.8 Å². The van der Waals surface area contributed by atoms with Crippen LogP contribution >= 0.6 is 11.3 Å². The predicted molar refractivity (Wildman–Crippen MR) is 99.7 cm³/mol. The summed E-state index contributed by atoms with van der Waals surface area (Å²) < 4.78 is 29.6. The molecular formula is C16H20N4O4S2. The fourth-order valence-electron chi connectivity index (χ4n) is 2.78. The van der Waals surface area contributed by atoms with Crippen LogP contribution in [0, 0.1) is 5.92 Å². The number of methoxy groups -OCH3 is 1. The number of carbonyl (C=O) groups is 1. The van der Waals surface area contributed by atoms with Crippen molar-refractivity contribution in [3.63, 3.8) is 0 Å². The third kappa shape index (κ3) is 4.37. The average molecular weight is 396 g/mol. The molecule has 3 rings (SSSR count). The number of hydrogen-bond donors (Lipinski definition) is 1. The van der Waals surface area contributed by atoms with Gasteiger partial charge in [0.05, 0.1) is 13.4 Å². The minimum Gasteiger partial charge on any atom is -0.497 e. The van der Waals surface area contributed by atoms with Crippen molar-refractivity contribution >= 4 is 32.4 Å². The number of amides is 1. The van der Waals surface area contributed by atoms with Gasteiger partial charge in [0.25, 0.3) is 0 Å². The molecule has 0 aliphatic carbocycles. The number of hydrogen-bond acceptors (Lipinski definition) is 7. The van der Waals surface area contributed by atoms with Crippen LogP contribution in [0.5, 0.6) is 5.75 Å². The number of ether oxygens (including phenoxy) is 1. The van der Waals surface area contributed by atoms with Crippen molar-refractivity contribution in [3.05, 3.63) is 24.3 Å². The zero-order valence-corrected chi connectivity index (χ0v) is 16.1. The minimum atomic E-state index is -3.19. The molecule has 10 heteroatoms. The minimum absolute atomic E-state index is 0.143. The number of nitrogens with one attached hydrogen (secondary N) is 1. The Hall–Kier alpha value is -2.04. The van der Waals surface area contributed by atoms with E-state index in [4.69, 9.17) is 4.74 Å². The number of nitrogens with zero attached hydrogens (tertiary/aromatic N) is 3. The van der Waals surface area contributed by atoms with Crippen LogP contribution < -0.4 is 10.1 Å². The van der Waals surface area contributed by atoms with Gasteiger partial charge in [-0.1, -0.05) is 11.3 Å². The lowest BCUT2D eigenvalue weighted by atomic mass is 9.97. The molecule has 140 valence electrons. The third-order valence-corrected chi connectivity index (χ3v) is 6.48. The molecule has 1 saturated heterocycles. The summed E-state index contributed by atoms with van der Waals surface area (Å²) in [6.45, 7) is 0.730. The molecule has 1 aliphatic heterocycles. The number of benzene rings is 1. The van der Waals surface area contributed by atoms with Crippen LogP contribution in [0.15, 0.2) is 24.3 Å². The molecule has 8 nitrogen and oxygen atoms in total. The predicted octanol–water partition coefficient (Wildman–Crippen LogP) is 1.82. The molecule has 0 saturated carbocycles.